The number of hydrogen-bond donors (Lipinski definition) is 0. The Labute approximate surface area is 103 Å². The smallest absolute Gasteiger partial charge is 0.0394 e. The molecule has 1 nitrogen and oxygen atoms in total. The van der Waals surface area contributed by atoms with Gasteiger partial charge >= 0.3 is 0 Å². The second-order valence-electron chi connectivity index (χ2n) is 5.14. The van der Waals surface area contributed by atoms with Gasteiger partial charge in [0.25, 0.3) is 0 Å². The first-order valence-electron chi connectivity index (χ1n) is 6.02. The van der Waals surface area contributed by atoms with E-state index in [-0.39, 0.29) is 5.54 Å². The molecule has 1 rings (SSSR count). The molecule has 1 aliphatic rings. The highest BCUT2D eigenvalue weighted by Gasteiger charge is 2.35. The van der Waals surface area contributed by atoms with Gasteiger partial charge in [-0.2, -0.15) is 0 Å². The van der Waals surface area contributed by atoms with Crippen LogP contribution in [0.15, 0.2) is 36.1 Å². The minimum absolute atomic E-state index is 0.212. The average Bonchev–Trinajstić information content (AvgIpc) is 2.19. The van der Waals surface area contributed by atoms with Crippen molar-refractivity contribution in [1.82, 2.24) is 4.67 Å². The lowest BCUT2D eigenvalue weighted by Gasteiger charge is -2.47. The number of piperidine rings is 1. The summed E-state index contributed by atoms with van der Waals surface area (Å²) >= 11 is 0. The summed E-state index contributed by atoms with van der Waals surface area (Å²) in [4.78, 5) is 0. The molecule has 2 heteroatoms. The van der Waals surface area contributed by atoms with Gasteiger partial charge in [-0.25, -0.2) is 0 Å². The van der Waals surface area contributed by atoms with Crippen molar-refractivity contribution < 1.29 is 0 Å². The Bertz CT molecular complexity index is 326. The minimum Gasteiger partial charge on any atom is -0.351 e. The van der Waals surface area contributed by atoms with Crippen molar-refractivity contribution in [3.8, 4) is 0 Å². The second kappa shape index (κ2) is 5.19. The molecule has 1 heterocycles. The fourth-order valence-corrected chi connectivity index (χ4v) is 2.82. The number of nitrogens with zero attached hydrogens (tertiary/aromatic N) is 1. The van der Waals surface area contributed by atoms with Crippen LogP contribution in [0.3, 0.4) is 0 Å². The molecular weight excluding hydrogens is 213 g/mol. The molecule has 16 heavy (non-hydrogen) atoms. The van der Waals surface area contributed by atoms with Gasteiger partial charge in [-0.3, -0.25) is 0 Å². The molecule has 2 unspecified atom stereocenters. The summed E-state index contributed by atoms with van der Waals surface area (Å²) in [5, 5.41) is 0. The summed E-state index contributed by atoms with van der Waals surface area (Å²) in [7, 11) is 2.87. The maximum absolute atomic E-state index is 3.82. The number of allylic oxidation sites excluding steroid dienone is 4. The molecule has 0 aliphatic carbocycles. The fourth-order valence-electron chi connectivity index (χ4n) is 2.46. The van der Waals surface area contributed by atoms with Gasteiger partial charge < -0.3 is 4.67 Å². The molecule has 0 saturated carbocycles. The third kappa shape index (κ3) is 2.58. The Morgan fingerprint density at radius 2 is 2.19 bits per heavy atom. The van der Waals surface area contributed by atoms with E-state index in [9.17, 15) is 0 Å². The first-order chi connectivity index (χ1) is 7.44. The molecule has 0 aromatic rings. The molecular formula is C14H24NP. The molecule has 0 radical (unpaired) electrons. The van der Waals surface area contributed by atoms with Gasteiger partial charge in [0.1, 0.15) is 0 Å². The molecule has 1 fully saturated rings. The molecule has 0 bridgehead atoms. The summed E-state index contributed by atoms with van der Waals surface area (Å²) in [6.45, 7) is 12.9. The Balaban J connectivity index is 3.17. The van der Waals surface area contributed by atoms with Gasteiger partial charge in [0.05, 0.1) is 0 Å². The van der Waals surface area contributed by atoms with Gasteiger partial charge in [0, 0.05) is 11.2 Å². The van der Waals surface area contributed by atoms with Crippen LogP contribution in [0.2, 0.25) is 0 Å². The van der Waals surface area contributed by atoms with Gasteiger partial charge in [-0.15, -0.1) is 0 Å². The van der Waals surface area contributed by atoms with Crippen LogP contribution in [0.4, 0.5) is 0 Å². The molecule has 1 saturated heterocycles. The van der Waals surface area contributed by atoms with E-state index in [1.165, 1.54) is 17.7 Å². The summed E-state index contributed by atoms with van der Waals surface area (Å²) in [5.41, 5.74) is 2.96. The first kappa shape index (κ1) is 13.5. The Morgan fingerprint density at radius 1 is 1.56 bits per heavy atom. The highest BCUT2D eigenvalue weighted by molar-refractivity contribution is 7.13. The molecule has 0 spiro atoms. The topological polar surface area (TPSA) is 3.24 Å². The van der Waals surface area contributed by atoms with E-state index in [4.69, 9.17) is 0 Å². The Hall–Kier alpha value is -0.550. The van der Waals surface area contributed by atoms with Crippen LogP contribution in [0.25, 0.3) is 0 Å². The highest BCUT2D eigenvalue weighted by Crippen LogP contribution is 2.43. The Morgan fingerprint density at radius 3 is 2.69 bits per heavy atom. The van der Waals surface area contributed by atoms with E-state index in [1.807, 2.05) is 6.08 Å². The highest BCUT2D eigenvalue weighted by atomic mass is 31.0. The predicted octanol–water partition coefficient (Wildman–Crippen LogP) is 4.30. The molecule has 0 aromatic carbocycles. The predicted molar refractivity (Wildman–Crippen MR) is 76.1 cm³/mol. The van der Waals surface area contributed by atoms with Gasteiger partial charge in [0.15, 0.2) is 0 Å². The van der Waals surface area contributed by atoms with Crippen LogP contribution in [-0.2, 0) is 0 Å². The number of rotatable bonds is 2. The van der Waals surface area contributed by atoms with Crippen LogP contribution >= 0.6 is 9.39 Å². The van der Waals surface area contributed by atoms with E-state index in [0.29, 0.717) is 5.92 Å². The van der Waals surface area contributed by atoms with E-state index in [2.05, 4.69) is 60.5 Å². The molecule has 1 aliphatic heterocycles. The van der Waals surface area contributed by atoms with E-state index < -0.39 is 0 Å². The zero-order valence-corrected chi connectivity index (χ0v) is 12.1. The van der Waals surface area contributed by atoms with Crippen molar-refractivity contribution in [2.45, 2.75) is 46.1 Å². The molecule has 0 N–H and O–H groups in total. The summed E-state index contributed by atoms with van der Waals surface area (Å²) in [6, 6.07) is 0. The molecule has 90 valence electrons. The average molecular weight is 237 g/mol. The van der Waals surface area contributed by atoms with Crippen molar-refractivity contribution in [1.29, 1.82) is 0 Å². The van der Waals surface area contributed by atoms with E-state index in [0.717, 1.165) is 6.42 Å². The zero-order valence-electron chi connectivity index (χ0n) is 11.0. The SMILES string of the molecule is C=C/C=C1\C(=C/CC)N(P)C(C)(C)CC1C. The normalized spacial score (nSPS) is 29.8. The fraction of sp³-hybridized carbons (Fsp3) is 0.571. The molecule has 0 amide bonds. The van der Waals surface area contributed by atoms with Gasteiger partial charge in [0.2, 0.25) is 0 Å². The van der Waals surface area contributed by atoms with Gasteiger partial charge in [-0.05, 0) is 47.6 Å². The lowest BCUT2D eigenvalue weighted by atomic mass is 9.80. The standard InChI is InChI=1S/C14H24NP/c1-6-8-12-11(3)10-14(4,5)15(16)13(12)9-7-2/h6,8-9,11H,1,7,10,16H2,2-5H3/b12-8-,13-9+. The van der Waals surface area contributed by atoms with Crippen LogP contribution in [0.1, 0.15) is 40.5 Å². The van der Waals surface area contributed by atoms with Crippen molar-refractivity contribution in [2.24, 2.45) is 5.92 Å². The van der Waals surface area contributed by atoms with Crippen LogP contribution in [0.5, 0.6) is 0 Å². The summed E-state index contributed by atoms with van der Waals surface area (Å²) < 4.78 is 2.33. The Kier molecular flexibility index (Phi) is 4.38. The number of hydrogen-bond acceptors (Lipinski definition) is 1. The lowest BCUT2D eigenvalue weighted by molar-refractivity contribution is 0.220. The third-order valence-electron chi connectivity index (χ3n) is 3.24. The van der Waals surface area contributed by atoms with Crippen LogP contribution in [0, 0.1) is 5.92 Å². The second-order valence-corrected chi connectivity index (χ2v) is 5.66. The summed E-state index contributed by atoms with van der Waals surface area (Å²) in [6.07, 6.45) is 8.60. The lowest BCUT2D eigenvalue weighted by Crippen LogP contribution is -2.43. The summed E-state index contributed by atoms with van der Waals surface area (Å²) in [5.74, 6) is 0.600. The van der Waals surface area contributed by atoms with Crippen LogP contribution < -0.4 is 0 Å². The zero-order chi connectivity index (χ0) is 12.3. The molecule has 0 aromatic heterocycles. The van der Waals surface area contributed by atoms with Crippen molar-refractivity contribution in [3.05, 3.63) is 36.1 Å². The van der Waals surface area contributed by atoms with E-state index >= 15 is 0 Å². The first-order valence-corrected chi connectivity index (χ1v) is 6.53. The third-order valence-corrected chi connectivity index (χ3v) is 4.22. The van der Waals surface area contributed by atoms with Crippen molar-refractivity contribution in [3.63, 3.8) is 0 Å². The minimum atomic E-state index is 0.212. The monoisotopic (exact) mass is 237 g/mol. The largest absolute Gasteiger partial charge is 0.351 e. The quantitative estimate of drug-likeness (QED) is 0.647. The van der Waals surface area contributed by atoms with Crippen molar-refractivity contribution in [2.75, 3.05) is 0 Å². The van der Waals surface area contributed by atoms with E-state index in [1.54, 1.807) is 0 Å². The molecule has 2 atom stereocenters. The van der Waals surface area contributed by atoms with Gasteiger partial charge in [-0.1, -0.05) is 38.7 Å². The maximum Gasteiger partial charge on any atom is 0.0394 e. The van der Waals surface area contributed by atoms with Crippen molar-refractivity contribution >= 4 is 9.39 Å². The maximum atomic E-state index is 3.82. The van der Waals surface area contributed by atoms with Crippen LogP contribution in [-0.4, -0.2) is 10.2 Å².